The Bertz CT molecular complexity index is 772. The summed E-state index contributed by atoms with van der Waals surface area (Å²) in [5, 5.41) is 9.27. The first kappa shape index (κ1) is 49.9. The maximum Gasteiger partial charge on any atom is 0.308 e. The summed E-state index contributed by atoms with van der Waals surface area (Å²) in [5.41, 5.74) is 0.211. The van der Waals surface area contributed by atoms with Crippen molar-refractivity contribution in [2.45, 2.75) is 233 Å². The molecule has 0 aromatic carbocycles. The third kappa shape index (κ3) is 26.4. The van der Waals surface area contributed by atoms with E-state index in [9.17, 15) is 14.7 Å². The molecule has 6 heteroatoms. The molecule has 1 aliphatic rings. The number of aliphatic hydroxyl groups excluding tert-OH is 1. The minimum atomic E-state index is 0.0416. The van der Waals surface area contributed by atoms with Crippen molar-refractivity contribution in [1.29, 1.82) is 0 Å². The minimum Gasteiger partial charge on any atom is -0.465 e. The lowest BCUT2D eigenvalue weighted by molar-refractivity contribution is -0.150. The van der Waals surface area contributed by atoms with Crippen molar-refractivity contribution < 1.29 is 24.2 Å². The quantitative estimate of drug-likeness (QED) is 0.0500. The van der Waals surface area contributed by atoms with Crippen molar-refractivity contribution in [3.05, 3.63) is 0 Å². The summed E-state index contributed by atoms with van der Waals surface area (Å²) < 4.78 is 12.1. The molecule has 314 valence electrons. The van der Waals surface area contributed by atoms with Crippen LogP contribution >= 0.6 is 0 Å². The van der Waals surface area contributed by atoms with Crippen LogP contribution in [0, 0.1) is 17.3 Å². The molecule has 6 nitrogen and oxygen atoms in total. The lowest BCUT2D eigenvalue weighted by Crippen LogP contribution is -2.41. The maximum absolute atomic E-state index is 13.3. The number of hydrogen-bond acceptors (Lipinski definition) is 6. The second kappa shape index (κ2) is 35.3. The number of esters is 2. The normalized spacial score (nSPS) is 15.7. The van der Waals surface area contributed by atoms with Crippen molar-refractivity contribution >= 4 is 11.9 Å². The van der Waals surface area contributed by atoms with Crippen molar-refractivity contribution in [2.24, 2.45) is 17.3 Å². The second-order valence-corrected chi connectivity index (χ2v) is 17.0. The molecule has 0 aromatic rings. The first-order valence-electron chi connectivity index (χ1n) is 23.6. The molecule has 0 aromatic heterocycles. The molecule has 2 unspecified atom stereocenters. The number of unbranched alkanes of at least 4 members (excludes halogenated alkanes) is 17. The summed E-state index contributed by atoms with van der Waals surface area (Å²) in [5.74, 6) is 0.195. The average Bonchev–Trinajstić information content (AvgIpc) is 3.17. The molecule has 1 rings (SSSR count). The molecule has 1 aliphatic heterocycles. The lowest BCUT2D eigenvalue weighted by Gasteiger charge is -2.42. The van der Waals surface area contributed by atoms with Crippen LogP contribution in [0.2, 0.25) is 0 Å². The Morgan fingerprint density at radius 1 is 0.509 bits per heavy atom. The fraction of sp³-hybridized carbons (Fsp3) is 0.957. The number of aliphatic hydroxyl groups is 1. The SMILES string of the molecule is CCCCCCCCC(CCCCCC)C(=O)OCCCC1(CCCOC(=O)C(CCCCCC)CCCCCCCC)CCN(CCCCO)CC1. The highest BCUT2D eigenvalue weighted by atomic mass is 16.5. The molecule has 53 heavy (non-hydrogen) atoms. The fourth-order valence-corrected chi connectivity index (χ4v) is 8.54. The predicted octanol–water partition coefficient (Wildman–Crippen LogP) is 13.2. The van der Waals surface area contributed by atoms with Gasteiger partial charge in [-0.05, 0) is 102 Å². The fourth-order valence-electron chi connectivity index (χ4n) is 8.54. The molecule has 0 saturated carbocycles. The monoisotopic (exact) mass is 750 g/mol. The van der Waals surface area contributed by atoms with Crippen LogP contribution in [0.5, 0.6) is 0 Å². The van der Waals surface area contributed by atoms with E-state index in [1.54, 1.807) is 0 Å². The van der Waals surface area contributed by atoms with Gasteiger partial charge in [-0.25, -0.2) is 0 Å². The van der Waals surface area contributed by atoms with E-state index in [1.165, 1.54) is 103 Å². The van der Waals surface area contributed by atoms with E-state index >= 15 is 0 Å². The van der Waals surface area contributed by atoms with E-state index in [-0.39, 0.29) is 35.8 Å². The van der Waals surface area contributed by atoms with Crippen molar-refractivity contribution in [1.82, 2.24) is 4.90 Å². The zero-order chi connectivity index (χ0) is 38.7. The van der Waals surface area contributed by atoms with E-state index in [0.29, 0.717) is 13.2 Å². The Labute approximate surface area is 330 Å². The molecule has 1 fully saturated rings. The van der Waals surface area contributed by atoms with Crippen LogP contribution in [0.15, 0.2) is 0 Å². The summed E-state index contributed by atoms with van der Waals surface area (Å²) in [6, 6.07) is 0. The van der Waals surface area contributed by atoms with Gasteiger partial charge >= 0.3 is 11.9 Å². The number of likely N-dealkylation sites (tertiary alicyclic amines) is 1. The third-order valence-electron chi connectivity index (χ3n) is 12.3. The maximum atomic E-state index is 13.3. The van der Waals surface area contributed by atoms with Crippen LogP contribution in [0.25, 0.3) is 0 Å². The zero-order valence-corrected chi connectivity index (χ0v) is 36.1. The molecule has 2 atom stereocenters. The van der Waals surface area contributed by atoms with Crippen molar-refractivity contribution in [3.8, 4) is 0 Å². The van der Waals surface area contributed by atoms with Gasteiger partial charge in [0, 0.05) is 6.61 Å². The number of piperidine rings is 1. The largest absolute Gasteiger partial charge is 0.465 e. The van der Waals surface area contributed by atoms with Gasteiger partial charge in [-0.1, -0.05) is 156 Å². The van der Waals surface area contributed by atoms with Crippen LogP contribution in [0.1, 0.15) is 233 Å². The van der Waals surface area contributed by atoms with E-state index in [0.717, 1.165) is 122 Å². The van der Waals surface area contributed by atoms with Crippen LogP contribution < -0.4 is 0 Å². The number of ether oxygens (including phenoxy) is 2. The molecule has 0 radical (unpaired) electrons. The van der Waals surface area contributed by atoms with Gasteiger partial charge < -0.3 is 19.5 Å². The van der Waals surface area contributed by atoms with Gasteiger partial charge in [-0.15, -0.1) is 0 Å². The highest BCUT2D eigenvalue weighted by Crippen LogP contribution is 2.41. The summed E-state index contributed by atoms with van der Waals surface area (Å²) in [7, 11) is 0. The predicted molar refractivity (Wildman–Crippen MR) is 225 cm³/mol. The van der Waals surface area contributed by atoms with Crippen molar-refractivity contribution in [3.63, 3.8) is 0 Å². The molecule has 0 bridgehead atoms. The Hall–Kier alpha value is -1.14. The van der Waals surface area contributed by atoms with Gasteiger partial charge in [0.25, 0.3) is 0 Å². The Morgan fingerprint density at radius 2 is 0.868 bits per heavy atom. The molecule has 0 spiro atoms. The smallest absolute Gasteiger partial charge is 0.308 e. The summed E-state index contributed by atoms with van der Waals surface area (Å²) in [6.45, 7) is 13.5. The lowest BCUT2D eigenvalue weighted by atomic mass is 9.71. The van der Waals surface area contributed by atoms with Crippen molar-refractivity contribution in [2.75, 3.05) is 39.5 Å². The topological polar surface area (TPSA) is 76.1 Å². The minimum absolute atomic E-state index is 0.0416. The van der Waals surface area contributed by atoms with Gasteiger partial charge in [0.2, 0.25) is 0 Å². The summed E-state index contributed by atoms with van der Waals surface area (Å²) in [6.07, 6.45) is 36.8. The van der Waals surface area contributed by atoms with E-state index < -0.39 is 0 Å². The summed E-state index contributed by atoms with van der Waals surface area (Å²) in [4.78, 5) is 29.2. The van der Waals surface area contributed by atoms with Gasteiger partial charge in [-0.3, -0.25) is 9.59 Å². The molecule has 1 N–H and O–H groups in total. The zero-order valence-electron chi connectivity index (χ0n) is 36.1. The molecule has 0 aliphatic carbocycles. The van der Waals surface area contributed by atoms with E-state index in [2.05, 4.69) is 32.6 Å². The Kier molecular flexibility index (Phi) is 33.2. The number of hydrogen-bond donors (Lipinski definition) is 1. The molecule has 1 heterocycles. The Morgan fingerprint density at radius 3 is 1.25 bits per heavy atom. The van der Waals surface area contributed by atoms with Gasteiger partial charge in [0.1, 0.15) is 0 Å². The van der Waals surface area contributed by atoms with Crippen LogP contribution in [-0.4, -0.2) is 61.4 Å². The highest BCUT2D eigenvalue weighted by Gasteiger charge is 2.34. The second-order valence-electron chi connectivity index (χ2n) is 17.0. The van der Waals surface area contributed by atoms with Crippen LogP contribution in [0.4, 0.5) is 0 Å². The first-order valence-corrected chi connectivity index (χ1v) is 23.6. The third-order valence-corrected chi connectivity index (χ3v) is 12.3. The molecular formula is C47H91NO5. The first-order chi connectivity index (χ1) is 25.9. The highest BCUT2D eigenvalue weighted by molar-refractivity contribution is 5.72. The average molecular weight is 750 g/mol. The molecule has 0 amide bonds. The molecule has 1 saturated heterocycles. The van der Waals surface area contributed by atoms with Gasteiger partial charge in [0.05, 0.1) is 25.0 Å². The molecular weight excluding hydrogens is 659 g/mol. The number of rotatable bonds is 38. The number of carbonyl (C=O) groups is 2. The van der Waals surface area contributed by atoms with Crippen LogP contribution in [-0.2, 0) is 19.1 Å². The standard InChI is InChI=1S/C47H91NO5/c1-5-9-13-17-19-23-31-43(29-21-15-11-7-3)45(50)52-41-27-33-47(35-38-48(39-36-47)37-25-26-40-49)34-28-42-53-46(51)44(30-22-16-12-8-4)32-24-20-18-14-10-6-2/h43-44,49H,5-42H2,1-4H3. The number of carbonyl (C=O) groups excluding carboxylic acids is 2. The van der Waals surface area contributed by atoms with Gasteiger partial charge in [0.15, 0.2) is 0 Å². The van der Waals surface area contributed by atoms with E-state index in [1.807, 2.05) is 0 Å². The van der Waals surface area contributed by atoms with Gasteiger partial charge in [-0.2, -0.15) is 0 Å². The van der Waals surface area contributed by atoms with Crippen LogP contribution in [0.3, 0.4) is 0 Å². The van der Waals surface area contributed by atoms with E-state index in [4.69, 9.17) is 9.47 Å². The summed E-state index contributed by atoms with van der Waals surface area (Å²) >= 11 is 0. The number of nitrogens with zero attached hydrogens (tertiary/aromatic N) is 1. The Balaban J connectivity index is 2.70.